The van der Waals surface area contributed by atoms with Crippen LogP contribution in [0, 0.1) is 6.92 Å². The van der Waals surface area contributed by atoms with Gasteiger partial charge in [0.15, 0.2) is 0 Å². The predicted octanol–water partition coefficient (Wildman–Crippen LogP) is 3.10. The summed E-state index contributed by atoms with van der Waals surface area (Å²) >= 11 is 0. The zero-order valence-electron chi connectivity index (χ0n) is 10.1. The van der Waals surface area contributed by atoms with Crippen molar-refractivity contribution in [2.75, 3.05) is 0 Å². The number of hydrogen-bond donors (Lipinski definition) is 1. The Kier molecular flexibility index (Phi) is 3.42. The molecule has 0 radical (unpaired) electrons. The van der Waals surface area contributed by atoms with E-state index in [1.807, 2.05) is 0 Å². The lowest BCUT2D eigenvalue weighted by atomic mass is 9.97. The second kappa shape index (κ2) is 4.87. The molecule has 0 amide bonds. The minimum absolute atomic E-state index is 0.186. The van der Waals surface area contributed by atoms with Gasteiger partial charge in [-0.25, -0.2) is 0 Å². The predicted molar refractivity (Wildman–Crippen MR) is 62.7 cm³/mol. The van der Waals surface area contributed by atoms with Crippen molar-refractivity contribution in [2.24, 2.45) is 0 Å². The van der Waals surface area contributed by atoms with Gasteiger partial charge in [0, 0.05) is 6.07 Å². The molecule has 19 heavy (non-hydrogen) atoms. The van der Waals surface area contributed by atoms with Crippen LogP contribution in [0.15, 0.2) is 30.5 Å². The summed E-state index contributed by atoms with van der Waals surface area (Å²) in [5.74, 6) is -0.248. The maximum absolute atomic E-state index is 12.8. The van der Waals surface area contributed by atoms with Gasteiger partial charge in [0.1, 0.15) is 0 Å². The summed E-state index contributed by atoms with van der Waals surface area (Å²) in [6.07, 6.45) is -2.68. The van der Waals surface area contributed by atoms with Crippen molar-refractivity contribution in [3.8, 4) is 5.88 Å². The third kappa shape index (κ3) is 3.01. The first-order valence-electron chi connectivity index (χ1n) is 5.54. The van der Waals surface area contributed by atoms with Gasteiger partial charge in [-0.15, -0.1) is 5.10 Å². The number of halogens is 3. The molecule has 0 unspecified atom stereocenters. The van der Waals surface area contributed by atoms with Crippen molar-refractivity contribution in [1.82, 2.24) is 10.2 Å². The van der Waals surface area contributed by atoms with Gasteiger partial charge in [0.25, 0.3) is 0 Å². The average molecular weight is 268 g/mol. The Morgan fingerprint density at radius 3 is 2.63 bits per heavy atom. The van der Waals surface area contributed by atoms with Crippen LogP contribution in [0.1, 0.15) is 22.3 Å². The van der Waals surface area contributed by atoms with Crippen molar-refractivity contribution < 1.29 is 18.3 Å². The number of nitrogens with zero attached hydrogens (tertiary/aromatic N) is 2. The number of benzene rings is 1. The summed E-state index contributed by atoms with van der Waals surface area (Å²) in [4.78, 5) is 0. The number of aromatic hydroxyl groups is 1. The van der Waals surface area contributed by atoms with Gasteiger partial charge in [-0.2, -0.15) is 18.3 Å². The molecule has 0 aliphatic heterocycles. The molecule has 0 atom stereocenters. The molecule has 0 saturated heterocycles. The van der Waals surface area contributed by atoms with Crippen LogP contribution in [-0.4, -0.2) is 15.3 Å². The molecule has 0 spiro atoms. The van der Waals surface area contributed by atoms with E-state index < -0.39 is 11.7 Å². The molecule has 100 valence electrons. The van der Waals surface area contributed by atoms with Crippen LogP contribution in [0.5, 0.6) is 5.88 Å². The lowest BCUT2D eigenvalue weighted by Crippen LogP contribution is -2.09. The summed E-state index contributed by atoms with van der Waals surface area (Å²) in [6.45, 7) is 1.44. The van der Waals surface area contributed by atoms with E-state index in [0.29, 0.717) is 11.1 Å². The first-order chi connectivity index (χ1) is 8.88. The van der Waals surface area contributed by atoms with E-state index in [1.165, 1.54) is 25.3 Å². The monoisotopic (exact) mass is 268 g/mol. The Morgan fingerprint density at radius 1 is 1.26 bits per heavy atom. The fourth-order valence-electron chi connectivity index (χ4n) is 1.89. The number of alkyl halides is 3. The molecule has 2 aromatic rings. The molecule has 1 aromatic heterocycles. The molecular formula is C13H11F3N2O. The van der Waals surface area contributed by atoms with E-state index in [4.69, 9.17) is 0 Å². The van der Waals surface area contributed by atoms with Crippen LogP contribution in [0.4, 0.5) is 13.2 Å². The number of aromatic nitrogens is 2. The highest BCUT2D eigenvalue weighted by Crippen LogP contribution is 2.33. The molecule has 1 N–H and O–H groups in total. The van der Waals surface area contributed by atoms with E-state index in [9.17, 15) is 18.3 Å². The van der Waals surface area contributed by atoms with Crippen molar-refractivity contribution in [1.29, 1.82) is 0 Å². The lowest BCUT2D eigenvalue weighted by Gasteiger charge is -2.13. The summed E-state index contributed by atoms with van der Waals surface area (Å²) < 4.78 is 38.3. The molecule has 0 saturated carbocycles. The van der Waals surface area contributed by atoms with Gasteiger partial charge < -0.3 is 5.11 Å². The quantitative estimate of drug-likeness (QED) is 0.910. The van der Waals surface area contributed by atoms with E-state index in [-0.39, 0.29) is 17.9 Å². The van der Waals surface area contributed by atoms with E-state index in [1.54, 1.807) is 6.07 Å². The molecular weight excluding hydrogens is 257 g/mol. The summed E-state index contributed by atoms with van der Waals surface area (Å²) in [7, 11) is 0. The van der Waals surface area contributed by atoms with Crippen molar-refractivity contribution >= 4 is 0 Å². The third-order valence-corrected chi connectivity index (χ3v) is 2.84. The van der Waals surface area contributed by atoms with Crippen molar-refractivity contribution in [2.45, 2.75) is 19.5 Å². The van der Waals surface area contributed by atoms with Crippen LogP contribution in [-0.2, 0) is 12.6 Å². The highest BCUT2D eigenvalue weighted by atomic mass is 19.4. The second-order valence-electron chi connectivity index (χ2n) is 4.19. The number of hydrogen-bond acceptors (Lipinski definition) is 3. The molecule has 0 aliphatic rings. The van der Waals surface area contributed by atoms with E-state index in [2.05, 4.69) is 10.2 Å². The normalized spacial score (nSPS) is 11.6. The minimum atomic E-state index is -4.36. The zero-order valence-corrected chi connectivity index (χ0v) is 10.1. The molecule has 1 heterocycles. The largest absolute Gasteiger partial charge is 0.492 e. The Balaban J connectivity index is 2.36. The summed E-state index contributed by atoms with van der Waals surface area (Å²) in [6, 6.07) is 5.44. The molecule has 1 aromatic carbocycles. The van der Waals surface area contributed by atoms with E-state index in [0.717, 1.165) is 6.07 Å². The molecule has 0 fully saturated rings. The lowest BCUT2D eigenvalue weighted by molar-refractivity contribution is -0.138. The number of rotatable bonds is 2. The van der Waals surface area contributed by atoms with Crippen LogP contribution < -0.4 is 0 Å². The second-order valence-corrected chi connectivity index (χ2v) is 4.19. The Hall–Kier alpha value is -2.11. The fourth-order valence-corrected chi connectivity index (χ4v) is 1.89. The van der Waals surface area contributed by atoms with Crippen LogP contribution in [0.2, 0.25) is 0 Å². The smallest absolute Gasteiger partial charge is 0.416 e. The fraction of sp³-hybridized carbons (Fsp3) is 0.231. The first-order valence-corrected chi connectivity index (χ1v) is 5.54. The van der Waals surface area contributed by atoms with Crippen LogP contribution in [0.25, 0.3) is 0 Å². The highest BCUT2D eigenvalue weighted by molar-refractivity contribution is 5.38. The molecule has 0 bridgehead atoms. The van der Waals surface area contributed by atoms with E-state index >= 15 is 0 Å². The molecule has 2 rings (SSSR count). The highest BCUT2D eigenvalue weighted by Gasteiger charge is 2.32. The van der Waals surface area contributed by atoms with Gasteiger partial charge >= 0.3 is 6.18 Å². The van der Waals surface area contributed by atoms with Gasteiger partial charge in [-0.3, -0.25) is 0 Å². The summed E-state index contributed by atoms with van der Waals surface area (Å²) in [5, 5.41) is 16.1. The Bertz CT molecular complexity index is 597. The third-order valence-electron chi connectivity index (χ3n) is 2.84. The first kappa shape index (κ1) is 13.3. The zero-order chi connectivity index (χ0) is 14.0. The maximum atomic E-state index is 12.8. The maximum Gasteiger partial charge on any atom is 0.416 e. The van der Waals surface area contributed by atoms with Gasteiger partial charge in [-0.1, -0.05) is 12.1 Å². The SMILES string of the molecule is Cc1c(Cc2cnnc(O)c2)cccc1C(F)(F)F. The topological polar surface area (TPSA) is 46.0 Å². The van der Waals surface area contributed by atoms with Gasteiger partial charge in [0.2, 0.25) is 5.88 Å². The molecule has 6 heteroatoms. The van der Waals surface area contributed by atoms with Crippen molar-refractivity contribution in [3.63, 3.8) is 0 Å². The summed E-state index contributed by atoms with van der Waals surface area (Å²) in [5.41, 5.74) is 0.694. The molecule has 0 aliphatic carbocycles. The Labute approximate surface area is 107 Å². The van der Waals surface area contributed by atoms with Gasteiger partial charge in [0.05, 0.1) is 11.8 Å². The van der Waals surface area contributed by atoms with Gasteiger partial charge in [-0.05, 0) is 36.1 Å². The minimum Gasteiger partial charge on any atom is -0.492 e. The van der Waals surface area contributed by atoms with Crippen LogP contribution in [0.3, 0.4) is 0 Å². The standard InChI is InChI=1S/C13H11F3N2O/c1-8-10(3-2-4-11(8)13(14,15)16)5-9-6-12(19)18-17-7-9/h2-4,6-7H,5H2,1H3,(H,18,19). The van der Waals surface area contributed by atoms with Crippen LogP contribution >= 0.6 is 0 Å². The Morgan fingerprint density at radius 2 is 2.00 bits per heavy atom. The van der Waals surface area contributed by atoms with Crippen molar-refractivity contribution in [3.05, 3.63) is 52.7 Å². The average Bonchev–Trinajstić information content (AvgIpc) is 2.30. The molecule has 3 nitrogen and oxygen atoms in total.